The topological polar surface area (TPSA) is 89.0 Å². The van der Waals surface area contributed by atoms with E-state index in [1.54, 1.807) is 24.3 Å². The number of carbonyl (C=O) groups is 2. The lowest BCUT2D eigenvalue weighted by Crippen LogP contribution is -2.32. The Morgan fingerprint density at radius 2 is 1.73 bits per heavy atom. The van der Waals surface area contributed by atoms with Gasteiger partial charge in [-0.25, -0.2) is 9.82 Å². The van der Waals surface area contributed by atoms with Crippen LogP contribution in [-0.2, 0) is 16.2 Å². The second-order valence-corrected chi connectivity index (χ2v) is 6.99. The molecule has 0 spiro atoms. The molecule has 0 saturated heterocycles. The number of anilines is 1. The molecule has 0 unspecified atom stereocenters. The Morgan fingerprint density at radius 3 is 2.48 bits per heavy atom. The number of hydrogen-bond donors (Lipinski definition) is 2. The van der Waals surface area contributed by atoms with Gasteiger partial charge in [0, 0.05) is 0 Å². The van der Waals surface area contributed by atoms with Gasteiger partial charge in [0.05, 0.1) is 18.5 Å². The van der Waals surface area contributed by atoms with Gasteiger partial charge in [0.1, 0.15) is 12.4 Å². The van der Waals surface area contributed by atoms with Crippen molar-refractivity contribution in [1.82, 2.24) is 5.43 Å². The molecule has 8 heteroatoms. The number of aryl methyl sites for hydroxylation is 1. The van der Waals surface area contributed by atoms with Crippen LogP contribution in [0.2, 0.25) is 0 Å². The first-order valence-corrected chi connectivity index (χ1v) is 10.3. The van der Waals surface area contributed by atoms with Gasteiger partial charge in [-0.1, -0.05) is 36.4 Å². The van der Waals surface area contributed by atoms with Gasteiger partial charge in [-0.3, -0.25) is 9.59 Å². The molecule has 0 atom stereocenters. The van der Waals surface area contributed by atoms with Crippen molar-refractivity contribution in [3.63, 3.8) is 0 Å². The predicted molar refractivity (Wildman–Crippen MR) is 124 cm³/mol. The first kappa shape index (κ1) is 23.5. The molecule has 0 heterocycles. The summed E-state index contributed by atoms with van der Waals surface area (Å²) >= 11 is 0. The summed E-state index contributed by atoms with van der Waals surface area (Å²) in [5.74, 6) is -1.61. The Labute approximate surface area is 191 Å². The average Bonchev–Trinajstić information content (AvgIpc) is 2.81. The Kier molecular flexibility index (Phi) is 8.13. The maximum absolute atomic E-state index is 13.6. The quantitative estimate of drug-likeness (QED) is 0.306. The molecule has 0 aliphatic carbocycles. The van der Waals surface area contributed by atoms with Crippen LogP contribution in [-0.4, -0.2) is 24.6 Å². The average molecular weight is 449 g/mol. The van der Waals surface area contributed by atoms with E-state index in [1.807, 2.05) is 38.1 Å². The molecular weight excluding hydrogens is 425 g/mol. The first-order chi connectivity index (χ1) is 16.0. The van der Waals surface area contributed by atoms with Crippen molar-refractivity contribution in [2.75, 3.05) is 11.9 Å². The predicted octanol–water partition coefficient (Wildman–Crippen LogP) is 4.20. The highest BCUT2D eigenvalue weighted by molar-refractivity contribution is 6.39. The summed E-state index contributed by atoms with van der Waals surface area (Å²) in [5, 5.41) is 5.97. The van der Waals surface area contributed by atoms with Crippen molar-refractivity contribution in [3.05, 3.63) is 89.2 Å². The number of para-hydroxylation sites is 1. The molecule has 33 heavy (non-hydrogen) atoms. The number of ether oxygens (including phenoxy) is 2. The third kappa shape index (κ3) is 6.64. The lowest BCUT2D eigenvalue weighted by atomic mass is 10.1. The molecule has 0 bridgehead atoms. The lowest BCUT2D eigenvalue weighted by Gasteiger charge is -2.13. The standard InChI is InChI=1S/C25H24FN3O4/c1-3-32-23-14-18(12-13-22(23)33-16-19-9-5-4-8-17(19)2)15-27-29-25(31)24(30)28-21-11-7-6-10-20(21)26/h4-15H,3,16H2,1-2H3,(H,28,30)(H,29,31)/b27-15+. The van der Waals surface area contributed by atoms with Gasteiger partial charge in [-0.15, -0.1) is 0 Å². The monoisotopic (exact) mass is 449 g/mol. The Hall–Kier alpha value is -4.20. The zero-order chi connectivity index (χ0) is 23.6. The van der Waals surface area contributed by atoms with Crippen molar-refractivity contribution in [2.45, 2.75) is 20.5 Å². The molecule has 3 rings (SSSR count). The van der Waals surface area contributed by atoms with E-state index in [4.69, 9.17) is 9.47 Å². The van der Waals surface area contributed by atoms with E-state index >= 15 is 0 Å². The second kappa shape index (κ2) is 11.4. The maximum Gasteiger partial charge on any atom is 0.329 e. The first-order valence-electron chi connectivity index (χ1n) is 10.3. The van der Waals surface area contributed by atoms with Gasteiger partial charge in [-0.05, 0) is 60.9 Å². The molecule has 0 saturated carbocycles. The summed E-state index contributed by atoms with van der Waals surface area (Å²) in [6, 6.07) is 18.7. The molecule has 3 aromatic rings. The lowest BCUT2D eigenvalue weighted by molar-refractivity contribution is -0.136. The summed E-state index contributed by atoms with van der Waals surface area (Å²) in [5.41, 5.74) is 4.85. The zero-order valence-electron chi connectivity index (χ0n) is 18.3. The molecule has 0 aliphatic rings. The summed E-state index contributed by atoms with van der Waals surface area (Å²) in [6.45, 7) is 4.72. The molecule has 0 aromatic heterocycles. The molecule has 0 aliphatic heterocycles. The number of nitrogens with zero attached hydrogens (tertiary/aromatic N) is 1. The fourth-order valence-corrected chi connectivity index (χ4v) is 2.88. The summed E-state index contributed by atoms with van der Waals surface area (Å²) in [6.07, 6.45) is 1.36. The molecule has 7 nitrogen and oxygen atoms in total. The van der Waals surface area contributed by atoms with Crippen LogP contribution >= 0.6 is 0 Å². The fourth-order valence-electron chi connectivity index (χ4n) is 2.88. The van der Waals surface area contributed by atoms with Crippen molar-refractivity contribution in [2.24, 2.45) is 5.10 Å². The normalized spacial score (nSPS) is 10.6. The minimum Gasteiger partial charge on any atom is -0.490 e. The Bertz CT molecular complexity index is 1160. The van der Waals surface area contributed by atoms with E-state index in [0.717, 1.165) is 11.1 Å². The molecule has 2 N–H and O–H groups in total. The van der Waals surface area contributed by atoms with Gasteiger partial charge in [0.2, 0.25) is 0 Å². The maximum atomic E-state index is 13.6. The van der Waals surface area contributed by atoms with Crippen LogP contribution in [0.4, 0.5) is 10.1 Å². The van der Waals surface area contributed by atoms with Crippen LogP contribution in [0.5, 0.6) is 11.5 Å². The van der Waals surface area contributed by atoms with Crippen LogP contribution in [0.1, 0.15) is 23.6 Å². The van der Waals surface area contributed by atoms with E-state index in [0.29, 0.717) is 30.3 Å². The van der Waals surface area contributed by atoms with Gasteiger partial charge < -0.3 is 14.8 Å². The van der Waals surface area contributed by atoms with Crippen LogP contribution < -0.4 is 20.2 Å². The molecule has 2 amide bonds. The van der Waals surface area contributed by atoms with Crippen LogP contribution in [0.25, 0.3) is 0 Å². The second-order valence-electron chi connectivity index (χ2n) is 6.99. The Morgan fingerprint density at radius 1 is 0.970 bits per heavy atom. The minimum atomic E-state index is -1.03. The third-order valence-corrected chi connectivity index (χ3v) is 4.62. The van der Waals surface area contributed by atoms with E-state index in [-0.39, 0.29) is 5.69 Å². The number of rotatable bonds is 8. The highest BCUT2D eigenvalue weighted by Crippen LogP contribution is 2.29. The van der Waals surface area contributed by atoms with Crippen molar-refractivity contribution in [1.29, 1.82) is 0 Å². The van der Waals surface area contributed by atoms with E-state index in [1.165, 1.54) is 24.4 Å². The summed E-state index contributed by atoms with van der Waals surface area (Å²) in [4.78, 5) is 23.8. The van der Waals surface area contributed by atoms with Gasteiger partial charge in [-0.2, -0.15) is 5.10 Å². The van der Waals surface area contributed by atoms with Crippen LogP contribution in [0, 0.1) is 12.7 Å². The van der Waals surface area contributed by atoms with Crippen LogP contribution in [0.15, 0.2) is 71.8 Å². The van der Waals surface area contributed by atoms with Crippen molar-refractivity contribution in [3.8, 4) is 11.5 Å². The highest BCUT2D eigenvalue weighted by atomic mass is 19.1. The Balaban J connectivity index is 1.61. The van der Waals surface area contributed by atoms with Crippen LogP contribution in [0.3, 0.4) is 0 Å². The number of amides is 2. The molecule has 0 radical (unpaired) electrons. The SMILES string of the molecule is CCOc1cc(/C=N/NC(=O)C(=O)Nc2ccccc2F)ccc1OCc1ccccc1C. The number of benzene rings is 3. The number of halogens is 1. The minimum absolute atomic E-state index is 0.0933. The van der Waals surface area contributed by atoms with Crippen molar-refractivity contribution >= 4 is 23.7 Å². The summed E-state index contributed by atoms with van der Waals surface area (Å²) in [7, 11) is 0. The number of hydrazone groups is 1. The highest BCUT2D eigenvalue weighted by Gasteiger charge is 2.14. The van der Waals surface area contributed by atoms with E-state index < -0.39 is 17.6 Å². The number of carbonyl (C=O) groups excluding carboxylic acids is 2. The van der Waals surface area contributed by atoms with E-state index in [2.05, 4.69) is 15.8 Å². The third-order valence-electron chi connectivity index (χ3n) is 4.62. The molecule has 0 fully saturated rings. The largest absolute Gasteiger partial charge is 0.490 e. The van der Waals surface area contributed by atoms with E-state index in [9.17, 15) is 14.0 Å². The van der Waals surface area contributed by atoms with Gasteiger partial charge in [0.25, 0.3) is 0 Å². The molecule has 170 valence electrons. The zero-order valence-corrected chi connectivity index (χ0v) is 18.3. The molecule has 3 aromatic carbocycles. The molecular formula is C25H24FN3O4. The summed E-state index contributed by atoms with van der Waals surface area (Å²) < 4.78 is 25.2. The fraction of sp³-hybridized carbons (Fsp3) is 0.160. The smallest absolute Gasteiger partial charge is 0.329 e. The number of nitrogens with one attached hydrogen (secondary N) is 2. The van der Waals surface area contributed by atoms with Crippen molar-refractivity contribution < 1.29 is 23.5 Å². The number of hydrogen-bond acceptors (Lipinski definition) is 5. The van der Waals surface area contributed by atoms with Gasteiger partial charge in [0.15, 0.2) is 11.5 Å². The van der Waals surface area contributed by atoms with Gasteiger partial charge >= 0.3 is 11.8 Å².